The third-order valence-corrected chi connectivity index (χ3v) is 23.6. The first kappa shape index (κ1) is 97.9. The molecule has 43 nitrogen and oxygen atoms in total. The molecule has 15 heterocycles. The summed E-state index contributed by atoms with van der Waals surface area (Å²) in [6.45, 7) is 17.3. The number of carbonyl (C=O) groups excluding carboxylic acids is 9. The number of fused-ring (bicyclic) bond motifs is 10. The molecule has 0 radical (unpaired) electrons. The van der Waals surface area contributed by atoms with Gasteiger partial charge < -0.3 is 65.6 Å². The van der Waals surface area contributed by atoms with Gasteiger partial charge in [-0.3, -0.25) is 63.5 Å². The van der Waals surface area contributed by atoms with Crippen LogP contribution in [-0.4, -0.2) is 295 Å². The normalized spacial score (nSPS) is 21.5. The van der Waals surface area contributed by atoms with Gasteiger partial charge in [0, 0.05) is 155 Å². The monoisotopic (exact) mass is 1840 g/mol. The van der Waals surface area contributed by atoms with Gasteiger partial charge >= 0.3 is 46.5 Å². The van der Waals surface area contributed by atoms with Crippen molar-refractivity contribution in [2.75, 3.05) is 85.9 Å². The SMILES string of the molecule is CCCC[N+](CCCC)(CCCC)CCCC.Nc1ccncc1.O=C(Nc1ccncc1)[C@@H]1C[C@@H]2CN1C(=O)N2O.O=C(Nc1ccncc1)[C@@H]1C[C@@H]2CN1C(=O)N2OCc1ccccc1.O=C(Nc1ccncc1)[C@@H]1C[C@@H]2CN1C(=O)N2OS(=O)(=O)O.O=C(Nc1ccncc1)[C@@H]1C[C@@H]2CN1C(=O)N2OS(=O)(=O)[O-].O=C(O)[C@@H]1C[C@@H]2CN1C(=O)N2OCc1ccccc1. The number of pyridine rings is 5. The van der Waals surface area contributed by atoms with E-state index < -0.39 is 93.1 Å². The van der Waals surface area contributed by atoms with Crippen LogP contribution in [0.4, 0.5) is 52.4 Å². The van der Waals surface area contributed by atoms with E-state index in [1.807, 2.05) is 60.7 Å². The second-order valence-electron chi connectivity index (χ2n) is 32.0. The largest absolute Gasteiger partial charge is 0.724 e. The molecule has 14 amide bonds. The number of unbranched alkanes of at least 4 members (excludes halogenated alkanes) is 4. The zero-order chi connectivity index (χ0) is 93.2. The molecule has 0 aliphatic carbocycles. The highest BCUT2D eigenvalue weighted by atomic mass is 32.3. The number of benzene rings is 2. The van der Waals surface area contributed by atoms with E-state index in [2.05, 4.69) is 82.4 Å². The van der Waals surface area contributed by atoms with Crippen molar-refractivity contribution in [2.45, 2.75) is 185 Å². The van der Waals surface area contributed by atoms with E-state index in [9.17, 15) is 74.5 Å². The number of urea groups is 5. The summed E-state index contributed by atoms with van der Waals surface area (Å²) in [6.07, 6.45) is 28.7. The van der Waals surface area contributed by atoms with E-state index in [1.54, 1.807) is 103 Å². The van der Waals surface area contributed by atoms with E-state index in [1.165, 1.54) is 137 Å². The van der Waals surface area contributed by atoms with Gasteiger partial charge in [-0.15, -0.1) is 4.28 Å². The Morgan fingerprint density at radius 2 is 0.677 bits per heavy atom. The molecular weight excluding hydrogens is 1730 g/mol. The number of anilines is 5. The van der Waals surface area contributed by atoms with Crippen LogP contribution in [0.5, 0.6) is 0 Å². The molecule has 17 rings (SSSR count). The lowest BCUT2D eigenvalue weighted by Gasteiger charge is -2.39. The van der Waals surface area contributed by atoms with Crippen molar-refractivity contribution in [1.82, 2.24) is 74.7 Å². The van der Waals surface area contributed by atoms with Gasteiger partial charge in [0.25, 0.3) is 0 Å². The number of nitrogens with zero attached hydrogens (tertiary/aromatic N) is 16. The van der Waals surface area contributed by atoms with Crippen molar-refractivity contribution >= 4 is 109 Å². The molecule has 10 aliphatic rings. The number of hydrogen-bond acceptors (Lipinski definition) is 26. The molecule has 45 heteroatoms. The average molecular weight is 1840 g/mol. The molecule has 10 atom stereocenters. The third-order valence-electron chi connectivity index (χ3n) is 23.0. The zero-order valence-corrected chi connectivity index (χ0v) is 73.8. The summed E-state index contributed by atoms with van der Waals surface area (Å²) < 4.78 is 71.6. The number of hydroxylamine groups is 10. The molecule has 2 aromatic carbocycles. The number of aliphatic carboxylic acids is 1. The van der Waals surface area contributed by atoms with E-state index in [0.717, 1.165) is 16.8 Å². The van der Waals surface area contributed by atoms with Crippen LogP contribution >= 0.6 is 0 Å². The average Bonchev–Trinajstić information content (AvgIpc) is 1.57. The van der Waals surface area contributed by atoms with E-state index >= 15 is 0 Å². The Bertz CT molecular complexity index is 5030. The first-order valence-corrected chi connectivity index (χ1v) is 45.5. The Morgan fingerprint density at radius 3 is 0.938 bits per heavy atom. The van der Waals surface area contributed by atoms with Gasteiger partial charge in [0.15, 0.2) is 0 Å². The minimum absolute atomic E-state index is 0.0931. The molecule has 7 aromatic rings. The smallest absolute Gasteiger partial charge is 0.418 e. The van der Waals surface area contributed by atoms with Crippen LogP contribution in [0.15, 0.2) is 183 Å². The lowest BCUT2D eigenvalue weighted by atomic mass is 10.1. The minimum atomic E-state index is -5.03. The van der Waals surface area contributed by atoms with Gasteiger partial charge in [0.05, 0.1) is 56.4 Å². The summed E-state index contributed by atoms with van der Waals surface area (Å²) in [5.74, 6) is -2.13. The molecule has 698 valence electrons. The minimum Gasteiger partial charge on any atom is -0.724 e. The summed E-state index contributed by atoms with van der Waals surface area (Å²) in [6, 6.07) is 28.4. The summed E-state index contributed by atoms with van der Waals surface area (Å²) in [5, 5.41) is 33.7. The quantitative estimate of drug-likeness (QED) is 0.00882. The predicted octanol–water partition coefficient (Wildman–Crippen LogP) is 7.99. The fraction of sp³-hybridized carbons (Fsp3) is 0.447. The maximum atomic E-state index is 12.5. The maximum absolute atomic E-state index is 12.5. The number of carboxylic acid groups (broad SMARTS) is 1. The number of carbonyl (C=O) groups is 10. The number of nitrogen functional groups attached to an aromatic ring is 1. The van der Waals surface area contributed by atoms with Gasteiger partial charge in [-0.25, -0.2) is 42.2 Å². The van der Waals surface area contributed by atoms with Crippen molar-refractivity contribution < 1.29 is 107 Å². The number of rotatable bonds is 31. The van der Waals surface area contributed by atoms with Gasteiger partial charge in [-0.2, -0.15) is 33.0 Å². The van der Waals surface area contributed by atoms with Crippen molar-refractivity contribution in [3.05, 3.63) is 194 Å². The van der Waals surface area contributed by atoms with Gasteiger partial charge in [-0.1, -0.05) is 114 Å². The number of quaternary nitrogens is 1. The van der Waals surface area contributed by atoms with Gasteiger partial charge in [0.2, 0.25) is 34.0 Å². The Kier molecular flexibility index (Phi) is 34.6. The lowest BCUT2D eigenvalue weighted by molar-refractivity contribution is -0.929. The summed E-state index contributed by atoms with van der Waals surface area (Å²) in [5.41, 5.74) is 10.5. The first-order valence-electron chi connectivity index (χ1n) is 42.8. The van der Waals surface area contributed by atoms with Crippen molar-refractivity contribution in [3.63, 3.8) is 0 Å². The first-order chi connectivity index (χ1) is 62.4. The number of nitrogens with two attached hydrogens (primary N) is 1. The summed E-state index contributed by atoms with van der Waals surface area (Å²) in [4.78, 5) is 157. The van der Waals surface area contributed by atoms with Crippen molar-refractivity contribution in [3.8, 4) is 0 Å². The van der Waals surface area contributed by atoms with Gasteiger partial charge in [-0.05, 0) is 97.5 Å². The summed E-state index contributed by atoms with van der Waals surface area (Å²) in [7, 11) is -9.81. The van der Waals surface area contributed by atoms with Crippen LogP contribution in [0.3, 0.4) is 0 Å². The zero-order valence-electron chi connectivity index (χ0n) is 72.2. The highest BCUT2D eigenvalue weighted by molar-refractivity contribution is 7.81. The molecule has 5 aromatic heterocycles. The molecule has 10 saturated heterocycles. The molecule has 0 spiro atoms. The van der Waals surface area contributed by atoms with Crippen molar-refractivity contribution in [2.24, 2.45) is 0 Å². The summed E-state index contributed by atoms with van der Waals surface area (Å²) >= 11 is 0. The maximum Gasteiger partial charge on any atom is 0.418 e. The second kappa shape index (κ2) is 46.0. The van der Waals surface area contributed by atoms with E-state index in [-0.39, 0.29) is 73.8 Å². The molecule has 10 bridgehead atoms. The van der Waals surface area contributed by atoms with Crippen LogP contribution < -0.4 is 27.0 Å². The van der Waals surface area contributed by atoms with Crippen LogP contribution in [0.1, 0.15) is 122 Å². The fourth-order valence-corrected chi connectivity index (χ4v) is 17.2. The molecule has 9 N–H and O–H groups in total. The fourth-order valence-electron chi connectivity index (χ4n) is 16.4. The van der Waals surface area contributed by atoms with Gasteiger partial charge in [0.1, 0.15) is 43.4 Å². The van der Waals surface area contributed by atoms with Crippen LogP contribution in [-0.2, 0) is 76.2 Å². The van der Waals surface area contributed by atoms with E-state index in [4.69, 9.17) is 25.1 Å². The topological polar surface area (TPSA) is 531 Å². The van der Waals surface area contributed by atoms with Crippen LogP contribution in [0.2, 0.25) is 0 Å². The highest BCUT2D eigenvalue weighted by Gasteiger charge is 2.57. The number of carboxylic acids is 1. The predicted molar refractivity (Wildman–Crippen MR) is 465 cm³/mol. The molecule has 0 unspecified atom stereocenters. The molecule has 10 aliphatic heterocycles. The molecule has 0 saturated carbocycles. The second-order valence-corrected chi connectivity index (χ2v) is 34.0. The van der Waals surface area contributed by atoms with Crippen LogP contribution in [0.25, 0.3) is 0 Å². The Hall–Kier alpha value is -12.7. The molecule has 130 heavy (non-hydrogen) atoms. The molecule has 10 fully saturated rings. The highest BCUT2D eigenvalue weighted by Crippen LogP contribution is 2.38. The molecular formula is C85H109N21O22S2. The number of amides is 14. The third kappa shape index (κ3) is 26.3. The number of hydrogen-bond donors (Lipinski definition) is 8. The Balaban J connectivity index is 0.000000149. The van der Waals surface area contributed by atoms with E-state index in [0.29, 0.717) is 90.0 Å². The lowest BCUT2D eigenvalue weighted by Crippen LogP contribution is -2.50. The number of aromatic nitrogens is 5. The Labute approximate surface area is 752 Å². The Morgan fingerprint density at radius 1 is 0.408 bits per heavy atom. The number of nitrogens with one attached hydrogen (secondary N) is 4. The van der Waals surface area contributed by atoms with Crippen molar-refractivity contribution in [1.29, 1.82) is 0 Å². The standard InChI is InChI=1S/C18H18N4O3.C16H36N.C13H14N2O4.2C11H12N4O6S.C11H12N4O3.C5H6N2/c23-17(20-14-6-8-19-9-7-14)16-10-15-11-21(16)18(24)22(15)25-12-13-4-2-1-3-5-13;1-5-9-13-17(14-10-6-2,15-11-7-3)16-12-8-4;16-12(17)11-6-10-7-14(11)13(18)15(10)19-8-9-4-2-1-3-5-9;2*16-10(13-7-1-3-12-4-2-7)9-5-8-6-14(9)11(17)15(8)21-22(18,19)20;16-10(13-7-1-3-12-4-2-7)9-5-8-6-14(9)11(17)15(8)18;6-5-1-3-7-4-2-5/h1-9,15-16H,10-12H2,(H,19,20,23);5-16H2,1-4H3;1-5,10-11H,6-8H2,(H,16,17);2*1-4,8-9H,5-6H2,(H,12,13,16)(H,18,19,20);1-4,8-9,18H,5-6H2,(H,12,13,16);1-4H,(H2,6,7)/q;+1;;;;;/p-1/t15-,16+;;10-,11+;3*8-,9+;/m1.1111./s1. The van der Waals surface area contributed by atoms with Crippen LogP contribution in [0, 0.1) is 0 Å².